The molecule has 0 heterocycles. The van der Waals surface area contributed by atoms with Crippen molar-refractivity contribution in [3.8, 4) is 6.07 Å². The molecular weight excluding hydrogens is 308 g/mol. The monoisotopic (exact) mass is 318 g/mol. The van der Waals surface area contributed by atoms with Gasteiger partial charge in [0.2, 0.25) is 0 Å². The Hall–Kier alpha value is -1.44. The standard InChI is InChI=1S/C14H11BrN2S/c1-18-13-4-2-3-11(7-13)17-12-6-5-10(9-16)14(15)8-12/h2-8,17H,1H3. The van der Waals surface area contributed by atoms with Crippen molar-refractivity contribution in [2.75, 3.05) is 11.6 Å². The number of rotatable bonds is 3. The quantitative estimate of drug-likeness (QED) is 0.827. The zero-order chi connectivity index (χ0) is 13.0. The number of thioether (sulfide) groups is 1. The minimum atomic E-state index is 0.637. The van der Waals surface area contributed by atoms with Crippen LogP contribution in [0.3, 0.4) is 0 Å². The van der Waals surface area contributed by atoms with Crippen LogP contribution >= 0.6 is 27.7 Å². The third-order valence-electron chi connectivity index (χ3n) is 2.45. The van der Waals surface area contributed by atoms with E-state index < -0.39 is 0 Å². The summed E-state index contributed by atoms with van der Waals surface area (Å²) < 4.78 is 0.802. The van der Waals surface area contributed by atoms with Gasteiger partial charge >= 0.3 is 0 Å². The summed E-state index contributed by atoms with van der Waals surface area (Å²) in [7, 11) is 0. The minimum absolute atomic E-state index is 0.637. The third-order valence-corrected chi connectivity index (χ3v) is 3.83. The largest absolute Gasteiger partial charge is 0.355 e. The van der Waals surface area contributed by atoms with Gasteiger partial charge in [0.1, 0.15) is 6.07 Å². The van der Waals surface area contributed by atoms with Crippen molar-refractivity contribution in [3.63, 3.8) is 0 Å². The van der Waals surface area contributed by atoms with E-state index in [4.69, 9.17) is 5.26 Å². The molecule has 18 heavy (non-hydrogen) atoms. The molecule has 0 amide bonds. The second-order valence-corrected chi connectivity index (χ2v) is 5.40. The molecule has 0 atom stereocenters. The van der Waals surface area contributed by atoms with E-state index in [0.29, 0.717) is 5.56 Å². The Bertz CT molecular complexity index is 605. The van der Waals surface area contributed by atoms with Crippen LogP contribution in [0.4, 0.5) is 11.4 Å². The summed E-state index contributed by atoms with van der Waals surface area (Å²) in [6, 6.07) is 15.9. The topological polar surface area (TPSA) is 35.8 Å². The number of benzene rings is 2. The predicted octanol–water partition coefficient (Wildman–Crippen LogP) is 4.79. The molecule has 0 aromatic heterocycles. The van der Waals surface area contributed by atoms with E-state index in [-0.39, 0.29) is 0 Å². The molecule has 0 aliphatic carbocycles. The smallest absolute Gasteiger partial charge is 0.100 e. The van der Waals surface area contributed by atoms with E-state index in [9.17, 15) is 0 Å². The van der Waals surface area contributed by atoms with Crippen molar-refractivity contribution in [3.05, 3.63) is 52.5 Å². The average Bonchev–Trinajstić information content (AvgIpc) is 2.39. The van der Waals surface area contributed by atoms with Crippen LogP contribution in [0.1, 0.15) is 5.56 Å². The first-order chi connectivity index (χ1) is 8.72. The number of hydrogen-bond donors (Lipinski definition) is 1. The summed E-state index contributed by atoms with van der Waals surface area (Å²) >= 11 is 5.09. The Kier molecular flexibility index (Phi) is 4.29. The Morgan fingerprint density at radius 2 is 1.94 bits per heavy atom. The summed E-state index contributed by atoms with van der Waals surface area (Å²) in [6.45, 7) is 0. The third kappa shape index (κ3) is 3.06. The lowest BCUT2D eigenvalue weighted by Crippen LogP contribution is -1.91. The number of halogens is 1. The molecule has 0 aliphatic heterocycles. The number of nitriles is 1. The fraction of sp³-hybridized carbons (Fsp3) is 0.0714. The number of nitrogens with zero attached hydrogens (tertiary/aromatic N) is 1. The predicted molar refractivity (Wildman–Crippen MR) is 80.4 cm³/mol. The van der Waals surface area contributed by atoms with Crippen molar-refractivity contribution >= 4 is 39.1 Å². The molecule has 2 nitrogen and oxygen atoms in total. The van der Waals surface area contributed by atoms with Crippen molar-refractivity contribution in [2.45, 2.75) is 4.90 Å². The van der Waals surface area contributed by atoms with Gasteiger partial charge in [-0.15, -0.1) is 11.8 Å². The maximum Gasteiger partial charge on any atom is 0.100 e. The van der Waals surface area contributed by atoms with Gasteiger partial charge in [0.15, 0.2) is 0 Å². The molecule has 90 valence electrons. The maximum absolute atomic E-state index is 8.86. The molecule has 0 bridgehead atoms. The van der Waals surface area contributed by atoms with Crippen LogP contribution in [0.2, 0.25) is 0 Å². The number of hydrogen-bond acceptors (Lipinski definition) is 3. The summed E-state index contributed by atoms with van der Waals surface area (Å²) in [4.78, 5) is 1.22. The van der Waals surface area contributed by atoms with Gasteiger partial charge < -0.3 is 5.32 Å². The van der Waals surface area contributed by atoms with Crippen molar-refractivity contribution in [2.24, 2.45) is 0 Å². The zero-order valence-electron chi connectivity index (χ0n) is 9.77. The molecule has 0 fully saturated rings. The fourth-order valence-corrected chi connectivity index (χ4v) is 2.48. The van der Waals surface area contributed by atoms with Crippen LogP contribution in [0.15, 0.2) is 51.8 Å². The van der Waals surface area contributed by atoms with Gasteiger partial charge in [0.05, 0.1) is 5.56 Å². The first kappa shape index (κ1) is 13.0. The maximum atomic E-state index is 8.86. The summed E-state index contributed by atoms with van der Waals surface area (Å²) in [5.74, 6) is 0. The Morgan fingerprint density at radius 3 is 2.61 bits per heavy atom. The van der Waals surface area contributed by atoms with Crippen molar-refractivity contribution in [1.29, 1.82) is 5.26 Å². The van der Waals surface area contributed by atoms with E-state index in [1.54, 1.807) is 17.8 Å². The molecule has 0 radical (unpaired) electrons. The van der Waals surface area contributed by atoms with Gasteiger partial charge in [-0.1, -0.05) is 6.07 Å². The summed E-state index contributed by atoms with van der Waals surface area (Å²) in [5.41, 5.74) is 2.64. The molecule has 1 N–H and O–H groups in total. The lowest BCUT2D eigenvalue weighted by Gasteiger charge is -2.08. The average molecular weight is 319 g/mol. The SMILES string of the molecule is CSc1cccc(Nc2ccc(C#N)c(Br)c2)c1. The summed E-state index contributed by atoms with van der Waals surface area (Å²) in [5, 5.41) is 12.2. The summed E-state index contributed by atoms with van der Waals surface area (Å²) in [6.07, 6.45) is 2.05. The molecule has 0 saturated carbocycles. The highest BCUT2D eigenvalue weighted by molar-refractivity contribution is 9.10. The molecule has 2 aromatic carbocycles. The van der Waals surface area contributed by atoms with Gasteiger partial charge in [0, 0.05) is 20.7 Å². The van der Waals surface area contributed by atoms with E-state index in [2.05, 4.69) is 45.7 Å². The molecular formula is C14H11BrN2S. The normalized spacial score (nSPS) is 9.83. The van der Waals surface area contributed by atoms with Crippen LogP contribution < -0.4 is 5.32 Å². The Labute approximate surface area is 119 Å². The number of anilines is 2. The Balaban J connectivity index is 2.23. The molecule has 0 unspecified atom stereocenters. The lowest BCUT2D eigenvalue weighted by atomic mass is 10.2. The number of nitrogens with one attached hydrogen (secondary N) is 1. The van der Waals surface area contributed by atoms with Crippen LogP contribution in [0.25, 0.3) is 0 Å². The molecule has 2 rings (SSSR count). The second-order valence-electron chi connectivity index (χ2n) is 3.66. The first-order valence-electron chi connectivity index (χ1n) is 5.33. The van der Waals surface area contributed by atoms with Gasteiger partial charge in [-0.05, 0) is 58.6 Å². The molecule has 2 aromatic rings. The van der Waals surface area contributed by atoms with E-state index in [1.165, 1.54) is 4.90 Å². The lowest BCUT2D eigenvalue weighted by molar-refractivity contribution is 1.42. The highest BCUT2D eigenvalue weighted by Crippen LogP contribution is 2.25. The van der Waals surface area contributed by atoms with Gasteiger partial charge in [-0.3, -0.25) is 0 Å². The Morgan fingerprint density at radius 1 is 1.17 bits per heavy atom. The highest BCUT2D eigenvalue weighted by atomic mass is 79.9. The van der Waals surface area contributed by atoms with Gasteiger partial charge in [-0.25, -0.2) is 0 Å². The molecule has 0 aliphatic rings. The van der Waals surface area contributed by atoms with Gasteiger partial charge in [0.25, 0.3) is 0 Å². The first-order valence-corrected chi connectivity index (χ1v) is 7.35. The molecule has 4 heteroatoms. The highest BCUT2D eigenvalue weighted by Gasteiger charge is 2.01. The molecule has 0 saturated heterocycles. The van der Waals surface area contributed by atoms with E-state index >= 15 is 0 Å². The van der Waals surface area contributed by atoms with E-state index in [1.807, 2.05) is 24.3 Å². The van der Waals surface area contributed by atoms with Crippen molar-refractivity contribution < 1.29 is 0 Å². The fourth-order valence-electron chi connectivity index (χ4n) is 1.55. The van der Waals surface area contributed by atoms with Gasteiger partial charge in [-0.2, -0.15) is 5.26 Å². The van der Waals surface area contributed by atoms with Crippen molar-refractivity contribution in [1.82, 2.24) is 0 Å². The van der Waals surface area contributed by atoms with E-state index in [0.717, 1.165) is 15.8 Å². The van der Waals surface area contributed by atoms with Crippen LogP contribution in [-0.2, 0) is 0 Å². The van der Waals surface area contributed by atoms with Crippen LogP contribution in [0.5, 0.6) is 0 Å². The molecule has 0 spiro atoms. The van der Waals surface area contributed by atoms with Crippen LogP contribution in [0, 0.1) is 11.3 Å². The minimum Gasteiger partial charge on any atom is -0.355 e. The second kappa shape index (κ2) is 5.94. The zero-order valence-corrected chi connectivity index (χ0v) is 12.2. The van der Waals surface area contributed by atoms with Crippen LogP contribution in [-0.4, -0.2) is 6.26 Å².